The highest BCUT2D eigenvalue weighted by molar-refractivity contribution is 7.14. The summed E-state index contributed by atoms with van der Waals surface area (Å²) in [5.74, 6) is 1.14. The number of hydrogen-bond donors (Lipinski definition) is 1. The number of para-hydroxylation sites is 1. The highest BCUT2D eigenvalue weighted by Crippen LogP contribution is 2.34. The maximum Gasteiger partial charge on any atom is 0.257 e. The van der Waals surface area contributed by atoms with Gasteiger partial charge in [-0.2, -0.15) is 0 Å². The van der Waals surface area contributed by atoms with Crippen molar-refractivity contribution in [3.63, 3.8) is 0 Å². The molecule has 4 aromatic rings. The molecule has 2 heterocycles. The molecule has 2 aromatic heterocycles. The van der Waals surface area contributed by atoms with E-state index in [1.165, 1.54) is 11.3 Å². The van der Waals surface area contributed by atoms with Crippen molar-refractivity contribution >= 4 is 33.3 Å². The molecule has 0 fully saturated rings. The Bertz CT molecular complexity index is 1100. The van der Waals surface area contributed by atoms with Crippen LogP contribution in [0.4, 0.5) is 5.13 Å². The van der Waals surface area contributed by atoms with Crippen LogP contribution in [0, 0.1) is 6.92 Å². The van der Waals surface area contributed by atoms with Crippen molar-refractivity contribution in [3.8, 4) is 17.2 Å². The Morgan fingerprint density at radius 2 is 2.04 bits per heavy atom. The van der Waals surface area contributed by atoms with Crippen molar-refractivity contribution in [3.05, 3.63) is 65.0 Å². The third-order valence-electron chi connectivity index (χ3n) is 4.09. The van der Waals surface area contributed by atoms with Crippen LogP contribution in [-0.4, -0.2) is 18.0 Å². The van der Waals surface area contributed by atoms with Crippen molar-refractivity contribution in [1.29, 1.82) is 0 Å². The van der Waals surface area contributed by atoms with Crippen molar-refractivity contribution in [2.75, 3.05) is 12.4 Å². The predicted molar refractivity (Wildman–Crippen MR) is 103 cm³/mol. The third-order valence-corrected chi connectivity index (χ3v) is 4.85. The zero-order chi connectivity index (χ0) is 18.1. The summed E-state index contributed by atoms with van der Waals surface area (Å²) < 4.78 is 11.2. The van der Waals surface area contributed by atoms with Gasteiger partial charge in [-0.15, -0.1) is 11.3 Å². The number of ether oxygens (including phenoxy) is 1. The number of rotatable bonds is 4. The molecule has 2 aromatic carbocycles. The van der Waals surface area contributed by atoms with Crippen LogP contribution in [0.3, 0.4) is 0 Å². The Morgan fingerprint density at radius 1 is 1.19 bits per heavy atom. The second kappa shape index (κ2) is 6.65. The molecule has 0 spiro atoms. The first kappa shape index (κ1) is 16.4. The number of carbonyl (C=O) groups excluding carboxylic acids is 1. The normalized spacial score (nSPS) is 10.8. The summed E-state index contributed by atoms with van der Waals surface area (Å²) in [6.07, 6.45) is 0. The number of benzene rings is 2. The van der Waals surface area contributed by atoms with Crippen LogP contribution in [0.25, 0.3) is 22.4 Å². The number of nitrogens with zero attached hydrogens (tertiary/aromatic N) is 1. The number of fused-ring (bicyclic) bond motifs is 1. The van der Waals surface area contributed by atoms with Crippen LogP contribution in [0.15, 0.2) is 58.3 Å². The molecule has 0 aliphatic carbocycles. The molecule has 26 heavy (non-hydrogen) atoms. The molecule has 0 bridgehead atoms. The van der Waals surface area contributed by atoms with E-state index in [1.54, 1.807) is 13.2 Å². The lowest BCUT2D eigenvalue weighted by Crippen LogP contribution is -2.12. The topological polar surface area (TPSA) is 64.4 Å². The van der Waals surface area contributed by atoms with E-state index in [0.717, 1.165) is 10.9 Å². The molecule has 6 heteroatoms. The maximum absolute atomic E-state index is 12.4. The first-order chi connectivity index (χ1) is 12.7. The number of aryl methyl sites for hydroxylation is 1. The van der Waals surface area contributed by atoms with Crippen LogP contribution >= 0.6 is 11.3 Å². The SMILES string of the molecule is COc1cccc2cc(-c3csc(NC(=O)c4ccccc4C)n3)oc12. The van der Waals surface area contributed by atoms with Crippen molar-refractivity contribution in [2.45, 2.75) is 6.92 Å². The molecular formula is C20H16N2O3S. The van der Waals surface area contributed by atoms with Crippen LogP contribution in [0.1, 0.15) is 15.9 Å². The van der Waals surface area contributed by atoms with Gasteiger partial charge in [-0.1, -0.05) is 30.3 Å². The average Bonchev–Trinajstić information content (AvgIpc) is 3.28. The van der Waals surface area contributed by atoms with E-state index in [2.05, 4.69) is 10.3 Å². The third kappa shape index (κ3) is 2.95. The summed E-state index contributed by atoms with van der Waals surface area (Å²) >= 11 is 1.36. The smallest absolute Gasteiger partial charge is 0.257 e. The second-order valence-electron chi connectivity index (χ2n) is 5.80. The van der Waals surface area contributed by atoms with E-state index >= 15 is 0 Å². The second-order valence-corrected chi connectivity index (χ2v) is 6.65. The lowest BCUT2D eigenvalue weighted by atomic mass is 10.1. The number of nitrogens with one attached hydrogen (secondary N) is 1. The Hall–Kier alpha value is -3.12. The maximum atomic E-state index is 12.4. The molecule has 4 rings (SSSR count). The van der Waals surface area contributed by atoms with E-state index in [4.69, 9.17) is 9.15 Å². The van der Waals surface area contributed by atoms with Gasteiger partial charge < -0.3 is 9.15 Å². The van der Waals surface area contributed by atoms with E-state index in [0.29, 0.717) is 33.5 Å². The van der Waals surface area contributed by atoms with Gasteiger partial charge in [0.05, 0.1) is 7.11 Å². The fourth-order valence-electron chi connectivity index (χ4n) is 2.76. The summed E-state index contributed by atoms with van der Waals surface area (Å²) in [5.41, 5.74) is 2.92. The number of methoxy groups -OCH3 is 1. The molecule has 5 nitrogen and oxygen atoms in total. The van der Waals surface area contributed by atoms with Gasteiger partial charge >= 0.3 is 0 Å². The highest BCUT2D eigenvalue weighted by Gasteiger charge is 2.15. The Labute approximate surface area is 154 Å². The summed E-state index contributed by atoms with van der Waals surface area (Å²) in [4.78, 5) is 16.9. The number of amides is 1. The number of aromatic nitrogens is 1. The highest BCUT2D eigenvalue weighted by atomic mass is 32.1. The minimum absolute atomic E-state index is 0.171. The zero-order valence-electron chi connectivity index (χ0n) is 14.3. The fraction of sp³-hybridized carbons (Fsp3) is 0.100. The lowest BCUT2D eigenvalue weighted by Gasteiger charge is -2.04. The zero-order valence-corrected chi connectivity index (χ0v) is 15.1. The number of anilines is 1. The van der Waals surface area contributed by atoms with Crippen LogP contribution in [0.5, 0.6) is 5.75 Å². The predicted octanol–water partition coefficient (Wildman–Crippen LogP) is 5.13. The van der Waals surface area contributed by atoms with Gasteiger partial charge in [0.2, 0.25) is 0 Å². The van der Waals surface area contributed by atoms with Gasteiger partial charge in [-0.05, 0) is 30.7 Å². The van der Waals surface area contributed by atoms with Crippen molar-refractivity contribution in [1.82, 2.24) is 4.98 Å². The van der Waals surface area contributed by atoms with Crippen LogP contribution in [-0.2, 0) is 0 Å². The first-order valence-corrected chi connectivity index (χ1v) is 8.93. The fourth-order valence-corrected chi connectivity index (χ4v) is 3.45. The number of thiazole rings is 1. The van der Waals surface area contributed by atoms with Crippen molar-refractivity contribution < 1.29 is 13.9 Å². The minimum Gasteiger partial charge on any atom is -0.493 e. The van der Waals surface area contributed by atoms with Crippen molar-refractivity contribution in [2.24, 2.45) is 0 Å². The quantitative estimate of drug-likeness (QED) is 0.545. The number of hydrogen-bond acceptors (Lipinski definition) is 5. The van der Waals surface area contributed by atoms with Gasteiger partial charge in [0.15, 0.2) is 22.2 Å². The number of furan rings is 1. The Morgan fingerprint density at radius 3 is 2.85 bits per heavy atom. The van der Waals surface area contributed by atoms with Crippen LogP contribution < -0.4 is 10.1 Å². The van der Waals surface area contributed by atoms with Gasteiger partial charge in [0.25, 0.3) is 5.91 Å². The molecule has 0 unspecified atom stereocenters. The molecule has 0 saturated carbocycles. The standard InChI is InChI=1S/C20H16N2O3S/c1-12-6-3-4-8-14(12)19(23)22-20-21-15(11-26-20)17-10-13-7-5-9-16(24-2)18(13)25-17/h3-11H,1-2H3,(H,21,22,23). The molecule has 1 amide bonds. The first-order valence-electron chi connectivity index (χ1n) is 8.05. The molecule has 0 radical (unpaired) electrons. The summed E-state index contributed by atoms with van der Waals surface area (Å²) in [5, 5.41) is 6.18. The summed E-state index contributed by atoms with van der Waals surface area (Å²) in [7, 11) is 1.61. The minimum atomic E-state index is -0.171. The molecule has 1 N–H and O–H groups in total. The lowest BCUT2D eigenvalue weighted by molar-refractivity contribution is 0.102. The Kier molecular flexibility index (Phi) is 4.18. The van der Waals surface area contributed by atoms with Gasteiger partial charge in [-0.25, -0.2) is 4.98 Å². The monoisotopic (exact) mass is 364 g/mol. The molecular weight excluding hydrogens is 348 g/mol. The molecule has 0 aliphatic heterocycles. The summed E-state index contributed by atoms with van der Waals surface area (Å²) in [6.45, 7) is 1.91. The average molecular weight is 364 g/mol. The molecule has 130 valence electrons. The van der Waals surface area contributed by atoms with Gasteiger partial charge in [0, 0.05) is 16.3 Å². The van der Waals surface area contributed by atoms with E-state index in [-0.39, 0.29) is 5.91 Å². The Balaban J connectivity index is 1.60. The molecule has 0 saturated heterocycles. The largest absolute Gasteiger partial charge is 0.493 e. The van der Waals surface area contributed by atoms with E-state index in [1.807, 2.05) is 54.8 Å². The van der Waals surface area contributed by atoms with Gasteiger partial charge in [-0.3, -0.25) is 10.1 Å². The van der Waals surface area contributed by atoms with E-state index in [9.17, 15) is 4.79 Å². The molecule has 0 aliphatic rings. The van der Waals surface area contributed by atoms with E-state index < -0.39 is 0 Å². The van der Waals surface area contributed by atoms with Gasteiger partial charge in [0.1, 0.15) is 5.69 Å². The van der Waals surface area contributed by atoms with Crippen LogP contribution in [0.2, 0.25) is 0 Å². The summed E-state index contributed by atoms with van der Waals surface area (Å²) in [6, 6.07) is 15.1. The molecule has 0 atom stereocenters. The number of carbonyl (C=O) groups is 1.